The second kappa shape index (κ2) is 8.20. The molecule has 9 heteroatoms. The Labute approximate surface area is 154 Å². The van der Waals surface area contributed by atoms with Crippen LogP contribution >= 0.6 is 0 Å². The molecule has 26 heavy (non-hydrogen) atoms. The minimum atomic E-state index is -0.773. The summed E-state index contributed by atoms with van der Waals surface area (Å²) in [5.74, 6) is 0.604. The Morgan fingerprint density at radius 2 is 2.19 bits per heavy atom. The van der Waals surface area contributed by atoms with E-state index in [-0.39, 0.29) is 11.9 Å². The lowest BCUT2D eigenvalue weighted by Gasteiger charge is -2.22. The number of nitrogens with one attached hydrogen (secondary N) is 2. The molecule has 2 heterocycles. The summed E-state index contributed by atoms with van der Waals surface area (Å²) in [6.45, 7) is 5.35. The molecule has 0 saturated carbocycles. The van der Waals surface area contributed by atoms with Crippen LogP contribution in [0.25, 0.3) is 0 Å². The van der Waals surface area contributed by atoms with Crippen LogP contribution in [0.3, 0.4) is 0 Å². The van der Waals surface area contributed by atoms with Crippen LogP contribution in [0.2, 0.25) is 0 Å². The molecule has 9 nitrogen and oxygen atoms in total. The number of hydrogen-bond donors (Lipinski definition) is 2. The van der Waals surface area contributed by atoms with Crippen molar-refractivity contribution in [1.82, 2.24) is 30.2 Å². The lowest BCUT2D eigenvalue weighted by molar-refractivity contribution is -0.130. The molecule has 1 saturated heterocycles. The molecule has 1 aromatic heterocycles. The number of nitrogens with zero attached hydrogens (tertiary/aromatic N) is 5. The van der Waals surface area contributed by atoms with E-state index in [9.17, 15) is 9.59 Å². The summed E-state index contributed by atoms with van der Waals surface area (Å²) < 4.78 is 1.77. The Kier molecular flexibility index (Phi) is 6.23. The van der Waals surface area contributed by atoms with E-state index in [1.54, 1.807) is 18.7 Å². The van der Waals surface area contributed by atoms with Crippen molar-refractivity contribution in [2.24, 2.45) is 12.0 Å². The van der Waals surface area contributed by atoms with Gasteiger partial charge in [0.1, 0.15) is 5.54 Å². The monoisotopic (exact) mass is 363 g/mol. The largest absolute Gasteiger partial charge is 0.356 e. The van der Waals surface area contributed by atoms with Crippen LogP contribution in [-0.4, -0.2) is 70.2 Å². The van der Waals surface area contributed by atoms with E-state index < -0.39 is 5.54 Å². The average Bonchev–Trinajstić information content (AvgIpc) is 3.10. The number of amides is 3. The summed E-state index contributed by atoms with van der Waals surface area (Å²) in [6, 6.07) is -0.308. The molecule has 1 atom stereocenters. The van der Waals surface area contributed by atoms with Crippen LogP contribution in [0.1, 0.15) is 32.3 Å². The average molecular weight is 363 g/mol. The van der Waals surface area contributed by atoms with Gasteiger partial charge >= 0.3 is 6.03 Å². The van der Waals surface area contributed by atoms with Crippen LogP contribution in [-0.2, 0) is 18.4 Å². The zero-order valence-corrected chi connectivity index (χ0v) is 16.2. The van der Waals surface area contributed by atoms with Gasteiger partial charge in [-0.25, -0.2) is 4.79 Å². The third kappa shape index (κ3) is 4.33. The molecule has 2 rings (SSSR count). The molecule has 1 aliphatic heterocycles. The van der Waals surface area contributed by atoms with Crippen molar-refractivity contribution >= 4 is 17.9 Å². The molecule has 144 valence electrons. The minimum absolute atomic E-state index is 0.150. The molecular formula is C17H29N7O2. The van der Waals surface area contributed by atoms with E-state index in [2.05, 4.69) is 20.7 Å². The number of imide groups is 1. The fourth-order valence-corrected chi connectivity index (χ4v) is 2.91. The highest BCUT2D eigenvalue weighted by Gasteiger charge is 2.45. The summed E-state index contributed by atoms with van der Waals surface area (Å²) in [7, 11) is 5.56. The summed E-state index contributed by atoms with van der Waals surface area (Å²) >= 11 is 0. The maximum absolute atomic E-state index is 12.3. The van der Waals surface area contributed by atoms with Gasteiger partial charge in [-0.2, -0.15) is 5.10 Å². The molecule has 1 unspecified atom stereocenters. The number of aliphatic imine (C=N–C) groups is 1. The van der Waals surface area contributed by atoms with Crippen molar-refractivity contribution in [3.63, 3.8) is 0 Å². The first-order valence-corrected chi connectivity index (χ1v) is 8.84. The van der Waals surface area contributed by atoms with Crippen LogP contribution in [0, 0.1) is 0 Å². The normalized spacial score (nSPS) is 20.5. The quantitative estimate of drug-likeness (QED) is 0.319. The molecule has 0 spiro atoms. The Hall–Kier alpha value is -2.58. The molecule has 0 radical (unpaired) electrons. The van der Waals surface area contributed by atoms with Gasteiger partial charge in [-0.1, -0.05) is 6.92 Å². The highest BCUT2D eigenvalue weighted by atomic mass is 16.2. The van der Waals surface area contributed by atoms with Gasteiger partial charge in [0.15, 0.2) is 5.96 Å². The molecular weight excluding hydrogens is 334 g/mol. The van der Waals surface area contributed by atoms with Gasteiger partial charge < -0.3 is 15.5 Å². The molecule has 0 bridgehead atoms. The molecule has 1 aromatic rings. The van der Waals surface area contributed by atoms with Gasteiger partial charge in [-0.3, -0.25) is 19.4 Å². The van der Waals surface area contributed by atoms with Gasteiger partial charge in [0, 0.05) is 52.5 Å². The Balaban J connectivity index is 1.79. The fourth-order valence-electron chi connectivity index (χ4n) is 2.91. The van der Waals surface area contributed by atoms with Crippen molar-refractivity contribution < 1.29 is 9.59 Å². The van der Waals surface area contributed by atoms with Gasteiger partial charge in [0.2, 0.25) is 0 Å². The lowest BCUT2D eigenvalue weighted by Crippen LogP contribution is -2.43. The van der Waals surface area contributed by atoms with Crippen LogP contribution in [0.15, 0.2) is 17.4 Å². The molecule has 3 amide bonds. The maximum Gasteiger partial charge on any atom is 0.325 e. The number of aromatic nitrogens is 2. The van der Waals surface area contributed by atoms with E-state index in [0.29, 0.717) is 32.5 Å². The summed E-state index contributed by atoms with van der Waals surface area (Å²) in [5, 5.41) is 10.2. The first-order chi connectivity index (χ1) is 12.3. The van der Waals surface area contributed by atoms with Crippen molar-refractivity contribution in [3.8, 4) is 0 Å². The Morgan fingerprint density at radius 1 is 1.46 bits per heavy atom. The van der Waals surface area contributed by atoms with E-state index >= 15 is 0 Å². The van der Waals surface area contributed by atoms with Crippen LogP contribution in [0.5, 0.6) is 0 Å². The third-order valence-electron chi connectivity index (χ3n) is 4.65. The predicted molar refractivity (Wildman–Crippen MR) is 99.6 cm³/mol. The Bertz CT molecular complexity index is 684. The second-order valence-corrected chi connectivity index (χ2v) is 6.78. The highest BCUT2D eigenvalue weighted by Crippen LogP contribution is 2.20. The number of rotatable bonds is 7. The first kappa shape index (κ1) is 19.7. The fraction of sp³-hybridized carbons (Fsp3) is 0.647. The van der Waals surface area contributed by atoms with E-state index in [4.69, 9.17) is 0 Å². The van der Waals surface area contributed by atoms with Gasteiger partial charge in [-0.05, 0) is 19.8 Å². The second-order valence-electron chi connectivity index (χ2n) is 6.78. The number of aryl methyl sites for hydroxylation is 1. The highest BCUT2D eigenvalue weighted by molar-refractivity contribution is 6.06. The minimum Gasteiger partial charge on any atom is -0.356 e. The zero-order chi connectivity index (χ0) is 19.3. The lowest BCUT2D eigenvalue weighted by atomic mass is 9.99. The van der Waals surface area contributed by atoms with E-state index in [0.717, 1.165) is 11.5 Å². The molecule has 1 aliphatic rings. The first-order valence-electron chi connectivity index (χ1n) is 8.84. The van der Waals surface area contributed by atoms with E-state index in [1.807, 2.05) is 38.3 Å². The van der Waals surface area contributed by atoms with Gasteiger partial charge in [0.05, 0.1) is 6.20 Å². The number of carbonyl (C=O) groups is 2. The zero-order valence-electron chi connectivity index (χ0n) is 16.2. The van der Waals surface area contributed by atoms with Crippen molar-refractivity contribution in [1.29, 1.82) is 0 Å². The van der Waals surface area contributed by atoms with Gasteiger partial charge in [-0.15, -0.1) is 0 Å². The smallest absolute Gasteiger partial charge is 0.325 e. The summed E-state index contributed by atoms with van der Waals surface area (Å²) in [5.41, 5.74) is 0.320. The Morgan fingerprint density at radius 3 is 2.73 bits per heavy atom. The maximum atomic E-state index is 12.3. The number of guanidine groups is 1. The predicted octanol–water partition coefficient (Wildman–Crippen LogP) is 0.538. The topological polar surface area (TPSA) is 94.9 Å². The molecule has 2 N–H and O–H groups in total. The third-order valence-corrected chi connectivity index (χ3v) is 4.65. The standard InChI is InChI=1S/C17H29N7O2/c1-6-17(2)14(25)24(16(26)21-17)9-7-8-19-15(18-3)22(4)11-13-10-20-23(5)12-13/h10,12H,6-9,11H2,1-5H3,(H,18,19)(H,21,26). The SMILES string of the molecule is CCC1(C)NC(=O)N(CCCNC(=NC)N(C)Cc2cnn(C)c2)C1=O. The van der Waals surface area contributed by atoms with Gasteiger partial charge in [0.25, 0.3) is 5.91 Å². The number of urea groups is 1. The number of carbonyl (C=O) groups excluding carboxylic acids is 2. The summed E-state index contributed by atoms with van der Waals surface area (Å²) in [6.07, 6.45) is 5.02. The number of hydrogen-bond acceptors (Lipinski definition) is 4. The molecule has 0 aromatic carbocycles. The van der Waals surface area contributed by atoms with Crippen LogP contribution < -0.4 is 10.6 Å². The van der Waals surface area contributed by atoms with E-state index in [1.165, 1.54) is 4.90 Å². The summed E-state index contributed by atoms with van der Waals surface area (Å²) in [4.78, 5) is 31.9. The van der Waals surface area contributed by atoms with Crippen molar-refractivity contribution in [3.05, 3.63) is 18.0 Å². The van der Waals surface area contributed by atoms with Crippen molar-refractivity contribution in [2.45, 2.75) is 38.8 Å². The van der Waals surface area contributed by atoms with Crippen molar-refractivity contribution in [2.75, 3.05) is 27.2 Å². The molecule has 1 fully saturated rings. The van der Waals surface area contributed by atoms with Crippen LogP contribution in [0.4, 0.5) is 4.79 Å². The molecule has 0 aliphatic carbocycles.